The van der Waals surface area contributed by atoms with Crippen LogP contribution in [-0.2, 0) is 4.79 Å². The fourth-order valence-corrected chi connectivity index (χ4v) is 3.37. The molecule has 0 bridgehead atoms. The Morgan fingerprint density at radius 3 is 2.58 bits per heavy atom. The molecule has 24 heavy (non-hydrogen) atoms. The van der Waals surface area contributed by atoms with Crippen LogP contribution in [0.2, 0.25) is 10.0 Å². The number of para-hydroxylation sites is 1. The van der Waals surface area contributed by atoms with Gasteiger partial charge in [0.05, 0.1) is 21.0 Å². The van der Waals surface area contributed by atoms with Crippen molar-refractivity contribution in [3.05, 3.63) is 69.7 Å². The van der Waals surface area contributed by atoms with Crippen LogP contribution >= 0.6 is 35.4 Å². The van der Waals surface area contributed by atoms with Crippen LogP contribution in [0.4, 0.5) is 5.69 Å². The topological polar surface area (TPSA) is 29.1 Å². The number of hydrogen-bond donors (Lipinski definition) is 1. The van der Waals surface area contributed by atoms with E-state index >= 15 is 0 Å². The monoisotopic (exact) mass is 375 g/mol. The van der Waals surface area contributed by atoms with Crippen LogP contribution in [0.5, 0.6) is 0 Å². The van der Waals surface area contributed by atoms with Gasteiger partial charge in [-0.2, -0.15) is 0 Å². The van der Waals surface area contributed by atoms with Gasteiger partial charge in [0.2, 0.25) is 0 Å². The fourth-order valence-electron chi connectivity index (χ4n) is 2.73. The van der Waals surface area contributed by atoms with Crippen LogP contribution in [0.15, 0.2) is 54.1 Å². The number of allylic oxidation sites excluding steroid dienone is 1. The molecule has 0 aromatic heterocycles. The molecule has 1 saturated carbocycles. The highest BCUT2D eigenvalue weighted by Crippen LogP contribution is 2.31. The second kappa shape index (κ2) is 7.47. The number of anilines is 1. The van der Waals surface area contributed by atoms with Crippen molar-refractivity contribution in [1.29, 1.82) is 0 Å². The Bertz CT molecular complexity index is 817. The number of halogens is 2. The fraction of sp³-hybridized carbons (Fsp3) is 0.158. The third kappa shape index (κ3) is 3.86. The van der Waals surface area contributed by atoms with E-state index in [0.29, 0.717) is 21.5 Å². The maximum absolute atomic E-state index is 12.6. The van der Waals surface area contributed by atoms with Gasteiger partial charge >= 0.3 is 0 Å². The zero-order valence-corrected chi connectivity index (χ0v) is 15.1. The number of carbonyl (C=O) groups excluding carboxylic acids is 1. The number of carbonyl (C=O) groups is 1. The maximum atomic E-state index is 12.6. The van der Waals surface area contributed by atoms with Crippen LogP contribution in [0.1, 0.15) is 18.4 Å². The molecule has 0 spiro atoms. The van der Waals surface area contributed by atoms with Gasteiger partial charge < -0.3 is 5.32 Å². The first-order valence-electron chi connectivity index (χ1n) is 7.60. The van der Waals surface area contributed by atoms with Gasteiger partial charge in [-0.3, -0.25) is 4.79 Å². The average Bonchev–Trinajstić information content (AvgIpc) is 2.93. The summed E-state index contributed by atoms with van der Waals surface area (Å²) in [5, 5.41) is 4.14. The molecule has 0 radical (unpaired) electrons. The molecule has 122 valence electrons. The molecule has 1 N–H and O–H groups in total. The lowest BCUT2D eigenvalue weighted by atomic mass is 10.0. The molecule has 0 saturated heterocycles. The van der Waals surface area contributed by atoms with Crippen molar-refractivity contribution in [2.45, 2.75) is 12.8 Å². The minimum atomic E-state index is -0.269. The van der Waals surface area contributed by atoms with E-state index < -0.39 is 0 Å². The molecule has 1 aliphatic carbocycles. The quantitative estimate of drug-likeness (QED) is 0.543. The van der Waals surface area contributed by atoms with Gasteiger partial charge in [0.1, 0.15) is 0 Å². The van der Waals surface area contributed by atoms with Crippen molar-refractivity contribution in [3.63, 3.8) is 0 Å². The molecule has 0 unspecified atom stereocenters. The lowest BCUT2D eigenvalue weighted by Crippen LogP contribution is -2.24. The van der Waals surface area contributed by atoms with Crippen LogP contribution in [-0.4, -0.2) is 10.8 Å². The first-order chi connectivity index (χ1) is 11.5. The van der Waals surface area contributed by atoms with Gasteiger partial charge in [0.15, 0.2) is 5.78 Å². The predicted molar refractivity (Wildman–Crippen MR) is 105 cm³/mol. The minimum absolute atomic E-state index is 0.0782. The van der Waals surface area contributed by atoms with Gasteiger partial charge in [0, 0.05) is 5.69 Å². The molecule has 1 aliphatic rings. The number of benzene rings is 2. The molecule has 1 fully saturated rings. The molecular weight excluding hydrogens is 361 g/mol. The molecule has 3 rings (SSSR count). The largest absolute Gasteiger partial charge is 0.349 e. The standard InChI is InChI=1S/C19H15Cl2NOS/c20-16-9-6-12(11-17(16)21)10-13-7-8-15(18(13)23)19(24)22-14-4-2-1-3-5-14/h1-6,9-11,15H,7-8H2,(H,22,24)/b13-10+/t15-/m0/s1. The smallest absolute Gasteiger partial charge is 0.168 e. The second-order valence-corrected chi connectivity index (χ2v) is 6.91. The minimum Gasteiger partial charge on any atom is -0.349 e. The Balaban J connectivity index is 1.73. The van der Waals surface area contributed by atoms with Gasteiger partial charge in [-0.15, -0.1) is 0 Å². The van der Waals surface area contributed by atoms with Crippen molar-refractivity contribution in [1.82, 2.24) is 0 Å². The van der Waals surface area contributed by atoms with Gasteiger partial charge in [-0.25, -0.2) is 0 Å². The molecule has 0 heterocycles. The van der Waals surface area contributed by atoms with Crippen LogP contribution < -0.4 is 5.32 Å². The van der Waals surface area contributed by atoms with Gasteiger partial charge in [-0.05, 0) is 54.3 Å². The Hall–Kier alpha value is -1.68. The third-order valence-electron chi connectivity index (χ3n) is 3.98. The summed E-state index contributed by atoms with van der Waals surface area (Å²) in [6.07, 6.45) is 3.31. The summed E-state index contributed by atoms with van der Waals surface area (Å²) in [6.45, 7) is 0. The number of ketones is 1. The van der Waals surface area contributed by atoms with Crippen molar-refractivity contribution in [2.24, 2.45) is 5.92 Å². The average molecular weight is 376 g/mol. The first-order valence-corrected chi connectivity index (χ1v) is 8.77. The lowest BCUT2D eigenvalue weighted by Gasteiger charge is -2.12. The molecular formula is C19H15Cl2NOS. The molecule has 5 heteroatoms. The highest BCUT2D eigenvalue weighted by Gasteiger charge is 2.32. The number of rotatable bonds is 3. The zero-order valence-electron chi connectivity index (χ0n) is 12.8. The van der Waals surface area contributed by atoms with Crippen molar-refractivity contribution >= 4 is 58.0 Å². The van der Waals surface area contributed by atoms with E-state index in [4.69, 9.17) is 35.4 Å². The number of hydrogen-bond acceptors (Lipinski definition) is 2. The summed E-state index contributed by atoms with van der Waals surface area (Å²) < 4.78 is 0. The Morgan fingerprint density at radius 2 is 1.88 bits per heavy atom. The predicted octanol–water partition coefficient (Wildman–Crippen LogP) is 5.80. The molecule has 2 nitrogen and oxygen atoms in total. The number of thiocarbonyl (C=S) groups is 1. The molecule has 0 amide bonds. The molecule has 0 aliphatic heterocycles. The summed E-state index contributed by atoms with van der Waals surface area (Å²) in [5.74, 6) is -0.191. The molecule has 2 aromatic carbocycles. The van der Waals surface area contributed by atoms with E-state index in [-0.39, 0.29) is 11.7 Å². The van der Waals surface area contributed by atoms with Gasteiger partial charge in [0.25, 0.3) is 0 Å². The van der Waals surface area contributed by atoms with E-state index in [9.17, 15) is 4.79 Å². The Labute approximate surface area is 156 Å². The highest BCUT2D eigenvalue weighted by molar-refractivity contribution is 7.80. The lowest BCUT2D eigenvalue weighted by molar-refractivity contribution is -0.116. The Morgan fingerprint density at radius 1 is 1.12 bits per heavy atom. The molecule has 2 aromatic rings. The van der Waals surface area contributed by atoms with E-state index in [1.54, 1.807) is 12.1 Å². The Kier molecular flexibility index (Phi) is 5.34. The summed E-state index contributed by atoms with van der Waals surface area (Å²) in [7, 11) is 0. The summed E-state index contributed by atoms with van der Waals surface area (Å²) in [6, 6.07) is 15.0. The summed E-state index contributed by atoms with van der Waals surface area (Å²) in [4.78, 5) is 13.2. The highest BCUT2D eigenvalue weighted by atomic mass is 35.5. The van der Waals surface area contributed by atoms with Crippen molar-refractivity contribution in [3.8, 4) is 0 Å². The van der Waals surface area contributed by atoms with E-state index in [0.717, 1.165) is 23.2 Å². The van der Waals surface area contributed by atoms with Crippen LogP contribution in [0.3, 0.4) is 0 Å². The summed E-state index contributed by atoms with van der Waals surface area (Å²) >= 11 is 17.4. The van der Waals surface area contributed by atoms with Crippen molar-refractivity contribution < 1.29 is 4.79 Å². The molecule has 1 atom stereocenters. The van der Waals surface area contributed by atoms with E-state index in [1.807, 2.05) is 42.5 Å². The van der Waals surface area contributed by atoms with Crippen LogP contribution in [0.25, 0.3) is 6.08 Å². The van der Waals surface area contributed by atoms with Crippen molar-refractivity contribution in [2.75, 3.05) is 5.32 Å². The normalized spacial score (nSPS) is 18.8. The summed E-state index contributed by atoms with van der Waals surface area (Å²) in [5.41, 5.74) is 2.54. The maximum Gasteiger partial charge on any atom is 0.168 e. The number of nitrogens with one attached hydrogen (secondary N) is 1. The van der Waals surface area contributed by atoms with Crippen LogP contribution in [0, 0.1) is 5.92 Å². The first kappa shape index (κ1) is 17.2. The third-order valence-corrected chi connectivity index (χ3v) is 5.10. The van der Waals surface area contributed by atoms with E-state index in [1.165, 1.54) is 0 Å². The van der Waals surface area contributed by atoms with E-state index in [2.05, 4.69) is 5.32 Å². The number of Topliss-reactive ketones (excluding diaryl/α,β-unsaturated/α-hetero) is 1. The zero-order chi connectivity index (χ0) is 17.1. The SMILES string of the molecule is O=C1/C(=C/c2ccc(Cl)c(Cl)c2)CC[C@@H]1C(=S)Nc1ccccc1. The van der Waals surface area contributed by atoms with Gasteiger partial charge in [-0.1, -0.05) is 59.7 Å². The second-order valence-electron chi connectivity index (χ2n) is 5.65.